The minimum absolute atomic E-state index is 0.0485. The van der Waals surface area contributed by atoms with Crippen molar-refractivity contribution < 1.29 is 14.3 Å². The van der Waals surface area contributed by atoms with E-state index in [9.17, 15) is 4.79 Å². The van der Waals surface area contributed by atoms with Gasteiger partial charge in [0.1, 0.15) is 0 Å². The van der Waals surface area contributed by atoms with Crippen molar-refractivity contribution >= 4 is 5.97 Å². The van der Waals surface area contributed by atoms with Crippen molar-refractivity contribution in [1.29, 1.82) is 0 Å². The second-order valence-electron chi connectivity index (χ2n) is 12.9. The van der Waals surface area contributed by atoms with Gasteiger partial charge in [-0.3, -0.25) is 4.79 Å². The van der Waals surface area contributed by atoms with E-state index >= 15 is 0 Å². The fourth-order valence-corrected chi connectivity index (χ4v) is 9.80. The predicted molar refractivity (Wildman–Crippen MR) is 126 cm³/mol. The number of methoxy groups -OCH3 is 2. The highest BCUT2D eigenvalue weighted by Gasteiger charge is 2.67. The Morgan fingerprint density at radius 1 is 0.871 bits per heavy atom. The number of hydrogen-bond acceptors (Lipinski definition) is 3. The van der Waals surface area contributed by atoms with E-state index in [1.807, 2.05) is 7.11 Å². The molecule has 0 heterocycles. The van der Waals surface area contributed by atoms with Gasteiger partial charge in [0.15, 0.2) is 0 Å². The Kier molecular flexibility index (Phi) is 6.11. The third-order valence-corrected chi connectivity index (χ3v) is 12.3. The zero-order chi connectivity index (χ0) is 22.7. The molecule has 9 atom stereocenters. The van der Waals surface area contributed by atoms with Crippen molar-refractivity contribution in [1.82, 2.24) is 0 Å². The van der Waals surface area contributed by atoms with Crippen LogP contribution in [0.5, 0.6) is 0 Å². The second-order valence-corrected chi connectivity index (χ2v) is 12.9. The monoisotopic (exact) mass is 432 g/mol. The molecule has 0 saturated heterocycles. The summed E-state index contributed by atoms with van der Waals surface area (Å²) in [4.78, 5) is 11.8. The van der Waals surface area contributed by atoms with Crippen molar-refractivity contribution in [3.8, 4) is 0 Å². The first-order chi connectivity index (χ1) is 14.5. The number of hydrogen-bond donors (Lipinski definition) is 0. The molecule has 0 aromatic rings. The van der Waals surface area contributed by atoms with E-state index in [1.165, 1.54) is 64.9 Å². The Bertz CT molecular complexity index is 690. The molecule has 0 radical (unpaired) electrons. The van der Waals surface area contributed by atoms with Crippen LogP contribution in [-0.2, 0) is 14.3 Å². The lowest BCUT2D eigenvalue weighted by atomic mass is 9.37. The summed E-state index contributed by atoms with van der Waals surface area (Å²) in [5.41, 5.74) is 1.76. The molecule has 0 spiro atoms. The molecule has 0 N–H and O–H groups in total. The van der Waals surface area contributed by atoms with E-state index < -0.39 is 0 Å². The first-order valence-electron chi connectivity index (χ1n) is 13.1. The molecule has 4 rings (SSSR count). The summed E-state index contributed by atoms with van der Waals surface area (Å²) in [7, 11) is 3.43. The molecule has 0 bridgehead atoms. The summed E-state index contributed by atoms with van der Waals surface area (Å²) in [6.45, 7) is 13.0. The molecule has 3 nitrogen and oxygen atoms in total. The van der Waals surface area contributed by atoms with Crippen molar-refractivity contribution in [3.05, 3.63) is 0 Å². The summed E-state index contributed by atoms with van der Waals surface area (Å²) >= 11 is 0. The van der Waals surface area contributed by atoms with Crippen LogP contribution in [0, 0.1) is 45.3 Å². The highest BCUT2D eigenvalue weighted by molar-refractivity contribution is 5.69. The first-order valence-corrected chi connectivity index (χ1v) is 13.1. The van der Waals surface area contributed by atoms with Gasteiger partial charge < -0.3 is 9.47 Å². The summed E-state index contributed by atoms with van der Waals surface area (Å²) in [6, 6.07) is 0. The lowest BCUT2D eigenvalue weighted by molar-refractivity contribution is -0.199. The lowest BCUT2D eigenvalue weighted by Gasteiger charge is -2.68. The van der Waals surface area contributed by atoms with Crippen LogP contribution in [0.2, 0.25) is 0 Å². The predicted octanol–water partition coefficient (Wildman–Crippen LogP) is 7.03. The van der Waals surface area contributed by atoms with Crippen molar-refractivity contribution in [2.45, 2.75) is 111 Å². The van der Waals surface area contributed by atoms with Crippen LogP contribution >= 0.6 is 0 Å². The number of fused-ring (bicyclic) bond motifs is 5. The van der Waals surface area contributed by atoms with Gasteiger partial charge in [-0.25, -0.2) is 0 Å². The fourth-order valence-electron chi connectivity index (χ4n) is 9.80. The second kappa shape index (κ2) is 8.03. The molecule has 4 saturated carbocycles. The third-order valence-electron chi connectivity index (χ3n) is 12.3. The first kappa shape index (κ1) is 23.6. The number of esters is 1. The van der Waals surface area contributed by atoms with E-state index in [4.69, 9.17) is 9.47 Å². The molecule has 0 aliphatic heterocycles. The molecule has 9 unspecified atom stereocenters. The smallest absolute Gasteiger partial charge is 0.305 e. The van der Waals surface area contributed by atoms with Crippen LogP contribution in [0.25, 0.3) is 0 Å². The van der Waals surface area contributed by atoms with Crippen LogP contribution in [0.15, 0.2) is 0 Å². The van der Waals surface area contributed by atoms with Crippen LogP contribution in [0.3, 0.4) is 0 Å². The Morgan fingerprint density at radius 2 is 1.48 bits per heavy atom. The van der Waals surface area contributed by atoms with E-state index in [0.717, 1.165) is 24.2 Å². The maximum absolute atomic E-state index is 11.8. The van der Waals surface area contributed by atoms with Crippen LogP contribution in [0.4, 0.5) is 0 Å². The molecule has 178 valence electrons. The quantitative estimate of drug-likeness (QED) is 0.437. The SMILES string of the molecule is COC(=O)CCC(C)C1CCC2(C)C3CCC4(C)CC(OC)CCC4(C)C3CCC12C. The highest BCUT2D eigenvalue weighted by atomic mass is 16.5. The van der Waals surface area contributed by atoms with Crippen LogP contribution in [-0.4, -0.2) is 26.3 Å². The maximum atomic E-state index is 11.8. The van der Waals surface area contributed by atoms with Gasteiger partial charge in [-0.05, 0) is 110 Å². The molecule has 0 aromatic heterocycles. The molecule has 4 aliphatic carbocycles. The maximum Gasteiger partial charge on any atom is 0.305 e. The largest absolute Gasteiger partial charge is 0.469 e. The topological polar surface area (TPSA) is 35.5 Å². The zero-order valence-corrected chi connectivity index (χ0v) is 21.4. The molecule has 31 heavy (non-hydrogen) atoms. The van der Waals surface area contributed by atoms with Crippen molar-refractivity contribution in [3.63, 3.8) is 0 Å². The molecular weight excluding hydrogens is 384 g/mol. The van der Waals surface area contributed by atoms with Gasteiger partial charge >= 0.3 is 5.97 Å². The van der Waals surface area contributed by atoms with Gasteiger partial charge in [0.2, 0.25) is 0 Å². The molecule has 3 heteroatoms. The number of rotatable bonds is 5. The van der Waals surface area contributed by atoms with Crippen LogP contribution in [0.1, 0.15) is 105 Å². The van der Waals surface area contributed by atoms with Gasteiger partial charge in [-0.2, -0.15) is 0 Å². The van der Waals surface area contributed by atoms with Crippen LogP contribution < -0.4 is 0 Å². The highest BCUT2D eigenvalue weighted by Crippen LogP contribution is 2.75. The molecule has 0 amide bonds. The van der Waals surface area contributed by atoms with Gasteiger partial charge in [0.05, 0.1) is 13.2 Å². The normalized spacial score (nSPS) is 50.2. The Hall–Kier alpha value is -0.570. The molecule has 0 aromatic carbocycles. The Morgan fingerprint density at radius 3 is 2.16 bits per heavy atom. The number of carbonyl (C=O) groups is 1. The fraction of sp³-hybridized carbons (Fsp3) is 0.964. The minimum Gasteiger partial charge on any atom is -0.469 e. The zero-order valence-electron chi connectivity index (χ0n) is 21.4. The third kappa shape index (κ3) is 3.34. The van der Waals surface area contributed by atoms with E-state index in [-0.39, 0.29) is 5.97 Å². The minimum atomic E-state index is -0.0485. The summed E-state index contributed by atoms with van der Waals surface area (Å²) in [5, 5.41) is 0. The van der Waals surface area contributed by atoms with E-state index in [1.54, 1.807) is 0 Å². The van der Waals surface area contributed by atoms with E-state index in [2.05, 4.69) is 34.6 Å². The molecule has 4 fully saturated rings. The molecule has 4 aliphatic rings. The summed E-state index contributed by atoms with van der Waals surface area (Å²) in [6.07, 6.45) is 14.1. The van der Waals surface area contributed by atoms with Crippen molar-refractivity contribution in [2.75, 3.05) is 14.2 Å². The number of ether oxygens (including phenoxy) is 2. The number of carbonyl (C=O) groups excluding carboxylic acids is 1. The molecular formula is C28H48O3. The van der Waals surface area contributed by atoms with Gasteiger partial charge in [0.25, 0.3) is 0 Å². The van der Waals surface area contributed by atoms with Crippen molar-refractivity contribution in [2.24, 2.45) is 45.3 Å². The van der Waals surface area contributed by atoms with Gasteiger partial charge in [-0.1, -0.05) is 34.6 Å². The average molecular weight is 433 g/mol. The van der Waals surface area contributed by atoms with Gasteiger partial charge in [-0.15, -0.1) is 0 Å². The average Bonchev–Trinajstić information content (AvgIpc) is 3.03. The lowest BCUT2D eigenvalue weighted by Crippen LogP contribution is -2.61. The Balaban J connectivity index is 1.56. The standard InChI is InChI=1S/C28H48O3/c1-19(8-9-24(29)31-7)21-12-16-28(5)23-11-14-25(2)18-20(30-6)10-15-26(25,3)22(23)13-17-27(21,28)4/h19-23H,8-18H2,1-7H3. The van der Waals surface area contributed by atoms with E-state index in [0.29, 0.717) is 40.1 Å². The van der Waals surface area contributed by atoms with Gasteiger partial charge in [0, 0.05) is 13.5 Å². The summed E-state index contributed by atoms with van der Waals surface area (Å²) < 4.78 is 10.8. The summed E-state index contributed by atoms with van der Waals surface area (Å²) in [5.74, 6) is 3.03. The Labute approximate surface area is 191 Å².